The van der Waals surface area contributed by atoms with E-state index in [9.17, 15) is 10.1 Å². The first-order valence-electron chi connectivity index (χ1n) is 7.55. The number of amides is 1. The van der Waals surface area contributed by atoms with Gasteiger partial charge in [-0.05, 0) is 37.1 Å². The van der Waals surface area contributed by atoms with Crippen molar-refractivity contribution in [2.45, 2.75) is 31.2 Å². The molecule has 4 nitrogen and oxygen atoms in total. The van der Waals surface area contributed by atoms with Crippen molar-refractivity contribution in [1.82, 2.24) is 5.32 Å². The van der Waals surface area contributed by atoms with Crippen LogP contribution >= 0.6 is 0 Å². The highest BCUT2D eigenvalue weighted by Crippen LogP contribution is 2.29. The van der Waals surface area contributed by atoms with Crippen LogP contribution in [0, 0.1) is 11.3 Å². The van der Waals surface area contributed by atoms with Crippen molar-refractivity contribution in [3.05, 3.63) is 42.5 Å². The number of nitrogens with one attached hydrogen (secondary N) is 1. The Bertz CT molecular complexity index is 722. The van der Waals surface area contributed by atoms with Gasteiger partial charge in [-0.25, -0.2) is 0 Å². The molecular formula is C18H18N2O2. The lowest BCUT2D eigenvalue weighted by Gasteiger charge is -2.22. The summed E-state index contributed by atoms with van der Waals surface area (Å²) >= 11 is 0. The van der Waals surface area contributed by atoms with Gasteiger partial charge in [-0.1, -0.05) is 36.4 Å². The fraction of sp³-hybridized carbons (Fsp3) is 0.333. The van der Waals surface area contributed by atoms with Crippen LogP contribution in [-0.4, -0.2) is 18.1 Å². The van der Waals surface area contributed by atoms with Crippen LogP contribution in [0.3, 0.4) is 0 Å². The Morgan fingerprint density at radius 3 is 2.68 bits per heavy atom. The van der Waals surface area contributed by atoms with Gasteiger partial charge >= 0.3 is 0 Å². The van der Waals surface area contributed by atoms with E-state index in [1.54, 1.807) is 0 Å². The fourth-order valence-electron chi connectivity index (χ4n) is 3.01. The van der Waals surface area contributed by atoms with Gasteiger partial charge in [0.1, 0.15) is 11.3 Å². The molecule has 4 heteroatoms. The third-order valence-electron chi connectivity index (χ3n) is 4.16. The Kier molecular flexibility index (Phi) is 3.97. The van der Waals surface area contributed by atoms with Gasteiger partial charge < -0.3 is 10.1 Å². The summed E-state index contributed by atoms with van der Waals surface area (Å²) in [6, 6.07) is 15.9. The number of fused-ring (bicyclic) bond motifs is 1. The second-order valence-electron chi connectivity index (χ2n) is 5.72. The molecule has 0 aromatic heterocycles. The molecule has 0 saturated heterocycles. The van der Waals surface area contributed by atoms with Gasteiger partial charge in [0.2, 0.25) is 0 Å². The first-order valence-corrected chi connectivity index (χ1v) is 7.55. The lowest BCUT2D eigenvalue weighted by Crippen LogP contribution is -2.47. The molecule has 1 fully saturated rings. The second kappa shape index (κ2) is 6.07. The molecule has 2 aromatic rings. The SMILES string of the molecule is N#CC1(NC(=O)COc2cccc3ccccc23)CCCC1. The van der Waals surface area contributed by atoms with Crippen LogP contribution in [0.4, 0.5) is 0 Å². The molecule has 0 aliphatic heterocycles. The number of hydrogen-bond donors (Lipinski definition) is 1. The Hall–Kier alpha value is -2.54. The number of nitrogens with zero attached hydrogens (tertiary/aromatic N) is 1. The van der Waals surface area contributed by atoms with Gasteiger partial charge in [-0.2, -0.15) is 5.26 Å². The lowest BCUT2D eigenvalue weighted by molar-refractivity contribution is -0.124. The molecule has 3 rings (SSSR count). The number of ether oxygens (including phenoxy) is 1. The van der Waals surface area contributed by atoms with Crippen LogP contribution in [0.1, 0.15) is 25.7 Å². The van der Waals surface area contributed by atoms with E-state index in [1.807, 2.05) is 42.5 Å². The van der Waals surface area contributed by atoms with Crippen molar-refractivity contribution in [3.8, 4) is 11.8 Å². The number of hydrogen-bond acceptors (Lipinski definition) is 3. The van der Waals surface area contributed by atoms with E-state index in [0.29, 0.717) is 5.75 Å². The van der Waals surface area contributed by atoms with Crippen LogP contribution in [0.2, 0.25) is 0 Å². The molecule has 1 N–H and O–H groups in total. The second-order valence-corrected chi connectivity index (χ2v) is 5.72. The van der Waals surface area contributed by atoms with Gasteiger partial charge in [0, 0.05) is 5.39 Å². The normalized spacial score (nSPS) is 16.1. The van der Waals surface area contributed by atoms with Gasteiger partial charge in [0.05, 0.1) is 6.07 Å². The number of nitriles is 1. The Morgan fingerprint density at radius 1 is 1.18 bits per heavy atom. The third-order valence-corrected chi connectivity index (χ3v) is 4.16. The zero-order chi connectivity index (χ0) is 15.4. The molecule has 1 aliphatic carbocycles. The maximum atomic E-state index is 12.1. The summed E-state index contributed by atoms with van der Waals surface area (Å²) in [6.07, 6.45) is 3.42. The van der Waals surface area contributed by atoms with E-state index in [1.165, 1.54) is 0 Å². The minimum atomic E-state index is -0.695. The van der Waals surface area contributed by atoms with E-state index in [-0.39, 0.29) is 12.5 Å². The molecule has 0 radical (unpaired) electrons. The molecule has 0 atom stereocenters. The molecule has 0 spiro atoms. The summed E-state index contributed by atoms with van der Waals surface area (Å²) in [5.41, 5.74) is -0.695. The number of rotatable bonds is 4. The van der Waals surface area contributed by atoms with E-state index in [4.69, 9.17) is 4.74 Å². The third kappa shape index (κ3) is 2.89. The number of carbonyl (C=O) groups is 1. The molecule has 1 aliphatic rings. The lowest BCUT2D eigenvalue weighted by atomic mass is 10.00. The fourth-order valence-corrected chi connectivity index (χ4v) is 3.01. The Morgan fingerprint density at radius 2 is 1.91 bits per heavy atom. The van der Waals surface area contributed by atoms with Crippen molar-refractivity contribution in [2.24, 2.45) is 0 Å². The molecule has 112 valence electrons. The summed E-state index contributed by atoms with van der Waals surface area (Å²) in [5, 5.41) is 14.2. The number of carbonyl (C=O) groups excluding carboxylic acids is 1. The number of benzene rings is 2. The maximum Gasteiger partial charge on any atom is 0.259 e. The van der Waals surface area contributed by atoms with Crippen LogP contribution in [-0.2, 0) is 4.79 Å². The summed E-state index contributed by atoms with van der Waals surface area (Å²) in [7, 11) is 0. The Balaban J connectivity index is 1.67. The predicted molar refractivity (Wildman–Crippen MR) is 84.4 cm³/mol. The topological polar surface area (TPSA) is 62.1 Å². The first kappa shape index (κ1) is 14.4. The van der Waals surface area contributed by atoms with Crippen LogP contribution in [0.5, 0.6) is 5.75 Å². The molecule has 0 unspecified atom stereocenters. The highest BCUT2D eigenvalue weighted by molar-refractivity contribution is 5.88. The van der Waals surface area contributed by atoms with Crippen molar-refractivity contribution in [1.29, 1.82) is 5.26 Å². The summed E-state index contributed by atoms with van der Waals surface area (Å²) in [4.78, 5) is 12.1. The monoisotopic (exact) mass is 294 g/mol. The Labute approximate surface area is 129 Å². The van der Waals surface area contributed by atoms with Gasteiger partial charge in [-0.3, -0.25) is 4.79 Å². The minimum absolute atomic E-state index is 0.0720. The zero-order valence-electron chi connectivity index (χ0n) is 12.3. The molecule has 1 amide bonds. The standard InChI is InChI=1S/C18H18N2O2/c19-13-18(10-3-4-11-18)20-17(21)12-22-16-9-5-7-14-6-1-2-8-15(14)16/h1-2,5-9H,3-4,10-12H2,(H,20,21). The molecular weight excluding hydrogens is 276 g/mol. The van der Waals surface area contributed by atoms with Crippen molar-refractivity contribution in [3.63, 3.8) is 0 Å². The van der Waals surface area contributed by atoms with E-state index >= 15 is 0 Å². The summed E-state index contributed by atoms with van der Waals surface area (Å²) in [5.74, 6) is 0.446. The highest BCUT2D eigenvalue weighted by Gasteiger charge is 2.35. The average molecular weight is 294 g/mol. The van der Waals surface area contributed by atoms with E-state index in [0.717, 1.165) is 36.5 Å². The van der Waals surface area contributed by atoms with E-state index in [2.05, 4.69) is 11.4 Å². The van der Waals surface area contributed by atoms with Gasteiger partial charge in [0.25, 0.3) is 5.91 Å². The molecule has 0 heterocycles. The van der Waals surface area contributed by atoms with Crippen molar-refractivity contribution in [2.75, 3.05) is 6.61 Å². The van der Waals surface area contributed by atoms with E-state index < -0.39 is 5.54 Å². The zero-order valence-corrected chi connectivity index (χ0v) is 12.3. The molecule has 0 bridgehead atoms. The molecule has 2 aromatic carbocycles. The highest BCUT2D eigenvalue weighted by atomic mass is 16.5. The summed E-state index contributed by atoms with van der Waals surface area (Å²) in [6.45, 7) is -0.0720. The summed E-state index contributed by atoms with van der Waals surface area (Å²) < 4.78 is 5.66. The maximum absolute atomic E-state index is 12.1. The van der Waals surface area contributed by atoms with Crippen LogP contribution in [0.15, 0.2) is 42.5 Å². The van der Waals surface area contributed by atoms with Gasteiger partial charge in [-0.15, -0.1) is 0 Å². The largest absolute Gasteiger partial charge is 0.483 e. The molecule has 22 heavy (non-hydrogen) atoms. The van der Waals surface area contributed by atoms with Crippen molar-refractivity contribution >= 4 is 16.7 Å². The average Bonchev–Trinajstić information content (AvgIpc) is 3.02. The smallest absolute Gasteiger partial charge is 0.259 e. The quantitative estimate of drug-likeness (QED) is 0.942. The van der Waals surface area contributed by atoms with Crippen LogP contribution < -0.4 is 10.1 Å². The predicted octanol–water partition coefficient (Wildman–Crippen LogP) is 3.17. The van der Waals surface area contributed by atoms with Gasteiger partial charge in [0.15, 0.2) is 6.61 Å². The van der Waals surface area contributed by atoms with Crippen LogP contribution in [0.25, 0.3) is 10.8 Å². The van der Waals surface area contributed by atoms with Crippen molar-refractivity contribution < 1.29 is 9.53 Å². The first-order chi connectivity index (χ1) is 10.7. The molecule has 1 saturated carbocycles. The minimum Gasteiger partial charge on any atom is -0.483 e.